The number of ketones is 1. The molecule has 0 aliphatic rings. The number of carbonyl (C=O) groups is 1. The predicted octanol–water partition coefficient (Wildman–Crippen LogP) is 4.09. The summed E-state index contributed by atoms with van der Waals surface area (Å²) in [7, 11) is 0. The molecule has 0 saturated carbocycles. The molecule has 0 aromatic carbocycles. The Morgan fingerprint density at radius 2 is 2.24 bits per heavy atom. The fourth-order valence-electron chi connectivity index (χ4n) is 1.69. The largest absolute Gasteiger partial charge is 0.469 e. The average Bonchev–Trinajstić information content (AvgIpc) is 2.79. The van der Waals surface area contributed by atoms with Crippen molar-refractivity contribution in [3.8, 4) is 0 Å². The van der Waals surface area contributed by atoms with Gasteiger partial charge in [0.05, 0.1) is 11.5 Å². The van der Waals surface area contributed by atoms with Crippen LogP contribution >= 0.6 is 11.8 Å². The SMILES string of the molecule is CCCCCCSC(Cc1ccco1)C(C)=O. The third kappa shape index (κ3) is 5.97. The zero-order valence-corrected chi connectivity index (χ0v) is 11.6. The van der Waals surface area contributed by atoms with Gasteiger partial charge >= 0.3 is 0 Å². The van der Waals surface area contributed by atoms with Gasteiger partial charge in [-0.1, -0.05) is 26.2 Å². The molecule has 1 aromatic heterocycles. The number of furan rings is 1. The molecule has 1 heterocycles. The van der Waals surface area contributed by atoms with Crippen molar-refractivity contribution in [1.82, 2.24) is 0 Å². The highest BCUT2D eigenvalue weighted by Crippen LogP contribution is 2.19. The van der Waals surface area contributed by atoms with Crippen LogP contribution in [-0.4, -0.2) is 16.8 Å². The van der Waals surface area contributed by atoms with Crippen molar-refractivity contribution >= 4 is 17.5 Å². The standard InChI is InChI=1S/C14H22O2S/c1-3-4-5-6-10-17-14(12(2)15)11-13-8-7-9-16-13/h7-9,14H,3-6,10-11H2,1-2H3. The Balaban J connectivity index is 2.26. The summed E-state index contributed by atoms with van der Waals surface area (Å²) in [6.07, 6.45) is 7.42. The minimum absolute atomic E-state index is 0.0581. The van der Waals surface area contributed by atoms with Crippen molar-refractivity contribution in [3.05, 3.63) is 24.2 Å². The Bertz CT molecular complexity index is 306. The summed E-state index contributed by atoms with van der Waals surface area (Å²) in [5, 5.41) is 0.0581. The van der Waals surface area contributed by atoms with Crippen LogP contribution in [0, 0.1) is 0 Å². The van der Waals surface area contributed by atoms with Gasteiger partial charge in [0, 0.05) is 6.42 Å². The molecular weight excluding hydrogens is 232 g/mol. The highest BCUT2D eigenvalue weighted by molar-refractivity contribution is 8.00. The van der Waals surface area contributed by atoms with E-state index in [1.54, 1.807) is 24.9 Å². The van der Waals surface area contributed by atoms with Crippen LogP contribution in [0.3, 0.4) is 0 Å². The molecule has 1 aromatic rings. The van der Waals surface area contributed by atoms with Gasteiger partial charge < -0.3 is 4.42 Å². The number of unbranched alkanes of at least 4 members (excludes halogenated alkanes) is 3. The molecule has 0 fully saturated rings. The Hall–Kier alpha value is -0.700. The van der Waals surface area contributed by atoms with Crippen molar-refractivity contribution in [2.24, 2.45) is 0 Å². The van der Waals surface area contributed by atoms with Gasteiger partial charge in [-0.25, -0.2) is 0 Å². The first-order chi connectivity index (χ1) is 8.24. The van der Waals surface area contributed by atoms with Gasteiger partial charge in [0.2, 0.25) is 0 Å². The number of Topliss-reactive ketones (excluding diaryl/α,β-unsaturated/α-hetero) is 1. The van der Waals surface area contributed by atoms with Crippen LogP contribution in [0.25, 0.3) is 0 Å². The molecule has 1 rings (SSSR count). The molecule has 0 saturated heterocycles. The molecule has 3 heteroatoms. The minimum atomic E-state index is 0.0581. The first-order valence-electron chi connectivity index (χ1n) is 6.38. The quantitative estimate of drug-likeness (QED) is 0.622. The minimum Gasteiger partial charge on any atom is -0.469 e. The molecule has 0 N–H and O–H groups in total. The van der Waals surface area contributed by atoms with Crippen molar-refractivity contribution in [3.63, 3.8) is 0 Å². The molecule has 0 aliphatic heterocycles. The number of carbonyl (C=O) groups excluding carboxylic acids is 1. The van der Waals surface area contributed by atoms with E-state index in [1.807, 2.05) is 12.1 Å². The third-order valence-corrected chi connectivity index (χ3v) is 4.16. The van der Waals surface area contributed by atoms with E-state index in [4.69, 9.17) is 4.42 Å². The molecule has 2 nitrogen and oxygen atoms in total. The van der Waals surface area contributed by atoms with Crippen LogP contribution in [0.4, 0.5) is 0 Å². The lowest BCUT2D eigenvalue weighted by atomic mass is 10.2. The zero-order valence-electron chi connectivity index (χ0n) is 10.8. The molecule has 17 heavy (non-hydrogen) atoms. The van der Waals surface area contributed by atoms with Gasteiger partial charge in [-0.3, -0.25) is 4.79 Å². The van der Waals surface area contributed by atoms with Gasteiger partial charge in [0.25, 0.3) is 0 Å². The maximum atomic E-state index is 11.5. The van der Waals surface area contributed by atoms with Crippen LogP contribution in [-0.2, 0) is 11.2 Å². The summed E-state index contributed by atoms with van der Waals surface area (Å²) in [5.41, 5.74) is 0. The van der Waals surface area contributed by atoms with Crippen molar-refractivity contribution in [1.29, 1.82) is 0 Å². The molecular formula is C14H22O2S. The summed E-state index contributed by atoms with van der Waals surface area (Å²) in [6, 6.07) is 3.81. The van der Waals surface area contributed by atoms with E-state index in [1.165, 1.54) is 25.7 Å². The van der Waals surface area contributed by atoms with E-state index in [2.05, 4.69) is 6.92 Å². The van der Waals surface area contributed by atoms with E-state index in [-0.39, 0.29) is 11.0 Å². The number of hydrogen-bond acceptors (Lipinski definition) is 3. The lowest BCUT2D eigenvalue weighted by molar-refractivity contribution is -0.116. The number of hydrogen-bond donors (Lipinski definition) is 0. The fraction of sp³-hybridized carbons (Fsp3) is 0.643. The molecule has 0 spiro atoms. The summed E-state index contributed by atoms with van der Waals surface area (Å²) in [5.74, 6) is 2.23. The van der Waals surface area contributed by atoms with Gasteiger partial charge in [0.1, 0.15) is 11.5 Å². The van der Waals surface area contributed by atoms with Gasteiger partial charge in [-0.15, -0.1) is 0 Å². The molecule has 1 unspecified atom stereocenters. The zero-order chi connectivity index (χ0) is 12.5. The Morgan fingerprint density at radius 1 is 1.41 bits per heavy atom. The van der Waals surface area contributed by atoms with E-state index in [0.29, 0.717) is 0 Å². The normalized spacial score (nSPS) is 12.6. The first-order valence-corrected chi connectivity index (χ1v) is 7.43. The van der Waals surface area contributed by atoms with E-state index >= 15 is 0 Å². The van der Waals surface area contributed by atoms with Crippen LogP contribution in [0.2, 0.25) is 0 Å². The molecule has 0 radical (unpaired) electrons. The number of thioether (sulfide) groups is 1. The summed E-state index contributed by atoms with van der Waals surface area (Å²) >= 11 is 1.77. The highest BCUT2D eigenvalue weighted by atomic mass is 32.2. The smallest absolute Gasteiger partial charge is 0.143 e. The summed E-state index contributed by atoms with van der Waals surface area (Å²) in [4.78, 5) is 11.5. The Kier molecular flexibility index (Phi) is 7.10. The highest BCUT2D eigenvalue weighted by Gasteiger charge is 2.16. The van der Waals surface area contributed by atoms with Crippen LogP contribution in [0.15, 0.2) is 22.8 Å². The third-order valence-electron chi connectivity index (χ3n) is 2.74. The summed E-state index contributed by atoms with van der Waals surface area (Å²) < 4.78 is 5.29. The van der Waals surface area contributed by atoms with Crippen molar-refractivity contribution < 1.29 is 9.21 Å². The lowest BCUT2D eigenvalue weighted by Gasteiger charge is -2.11. The second-order valence-corrected chi connectivity index (χ2v) is 5.62. The second kappa shape index (κ2) is 8.40. The molecule has 1 atom stereocenters. The Labute approximate surface area is 108 Å². The molecule has 0 bridgehead atoms. The van der Waals surface area contributed by atoms with E-state index in [0.717, 1.165) is 17.9 Å². The monoisotopic (exact) mass is 254 g/mol. The van der Waals surface area contributed by atoms with Crippen molar-refractivity contribution in [2.45, 2.75) is 51.2 Å². The molecule has 0 amide bonds. The van der Waals surface area contributed by atoms with Gasteiger partial charge in [0.15, 0.2) is 0 Å². The average molecular weight is 254 g/mol. The number of rotatable bonds is 9. The maximum absolute atomic E-state index is 11.5. The maximum Gasteiger partial charge on any atom is 0.143 e. The Morgan fingerprint density at radius 3 is 2.82 bits per heavy atom. The second-order valence-electron chi connectivity index (χ2n) is 4.31. The van der Waals surface area contributed by atoms with E-state index in [9.17, 15) is 4.79 Å². The van der Waals surface area contributed by atoms with E-state index < -0.39 is 0 Å². The molecule has 0 aliphatic carbocycles. The van der Waals surface area contributed by atoms with Crippen LogP contribution in [0.5, 0.6) is 0 Å². The predicted molar refractivity (Wildman–Crippen MR) is 73.5 cm³/mol. The first kappa shape index (κ1) is 14.4. The lowest BCUT2D eigenvalue weighted by Crippen LogP contribution is -2.17. The van der Waals surface area contributed by atoms with Crippen LogP contribution < -0.4 is 0 Å². The van der Waals surface area contributed by atoms with Crippen molar-refractivity contribution in [2.75, 3.05) is 5.75 Å². The van der Waals surface area contributed by atoms with Gasteiger partial charge in [-0.2, -0.15) is 11.8 Å². The topological polar surface area (TPSA) is 30.2 Å². The van der Waals surface area contributed by atoms with Gasteiger partial charge in [-0.05, 0) is 31.2 Å². The molecule has 96 valence electrons. The fourth-order valence-corrected chi connectivity index (χ4v) is 2.86. The summed E-state index contributed by atoms with van der Waals surface area (Å²) in [6.45, 7) is 3.88. The van der Waals surface area contributed by atoms with Crippen LogP contribution in [0.1, 0.15) is 45.3 Å².